The molecule has 0 aliphatic carbocycles. The second kappa shape index (κ2) is 48.7. The van der Waals surface area contributed by atoms with Crippen molar-refractivity contribution in [2.45, 2.75) is 113 Å². The maximum Gasteiger partial charge on any atom is 0.415 e. The second-order valence-corrected chi connectivity index (χ2v) is 34.0. The number of nitrogens with two attached hydrogens (primary N) is 1. The number of piperidine rings is 2. The standard InChI is InChI=1S/C26H30N6O2.C25H34N6O6.C22H31N7O2.C22H28N6O6/c1-19-16-23(29-25(33)20-8-4-2-5-9-20)27-18-21(19)22-17-24(31-12-14-34-15-13-31)30-26(28-22)32-10-6-3-7-11-32;1-16(2)24(32)36-18(4)37-25(33)27-20-13-17(3)19(15-26-20)23-28-21(30-5-9-34-10-6-30)14-22(29-23)31-7-11-35-12-8-31;1-15-12-18(25-22(30)16(2)23)24-14-17(15)21-26-19(28-6-4-3-5-7-28)13-20(27-21)29-8-10-31-11-9-29;1-15-11-18(24-22(30)34-14-33-16(2)29)23-13-17(15)21-25-19(27-3-7-31-8-4-27)12-20(26-21)28-5-9-32-10-6-28/h2,4-5,8-9,16-18H,3,6-7,10-15H2,1H3,(H,27,29,33);13-16,18H,5-12H2,1-4H3,(H,26,27,33);12-14,16H,3-11,23H2,1-2H3,(H,24,25,30);11-13H,3-10,14H2,1-2H3,(H,23,24,30)/t;;16-;/m..0./s1. The molecule has 136 heavy (non-hydrogen) atoms. The summed E-state index contributed by atoms with van der Waals surface area (Å²) in [4.78, 5) is 146. The lowest BCUT2D eigenvalue weighted by Crippen LogP contribution is -2.39. The molecule has 16 heterocycles. The predicted molar refractivity (Wildman–Crippen MR) is 514 cm³/mol. The number of ether oxygens (including phenoxy) is 10. The second-order valence-electron chi connectivity index (χ2n) is 34.0. The maximum absolute atomic E-state index is 12.5. The molecule has 8 aliphatic heterocycles. The summed E-state index contributed by atoms with van der Waals surface area (Å²) in [7, 11) is 0. The van der Waals surface area contributed by atoms with Gasteiger partial charge in [-0.25, -0.2) is 64.4 Å². The number of benzene rings is 1. The molecule has 0 bridgehead atoms. The summed E-state index contributed by atoms with van der Waals surface area (Å²) in [5, 5.41) is 10.7. The molecule has 724 valence electrons. The van der Waals surface area contributed by atoms with Crippen LogP contribution in [0.25, 0.3) is 45.4 Å². The minimum absolute atomic E-state index is 0.177. The van der Waals surface area contributed by atoms with E-state index in [1.165, 1.54) is 39.5 Å². The van der Waals surface area contributed by atoms with E-state index in [4.69, 9.17) is 88.2 Å². The van der Waals surface area contributed by atoms with Gasteiger partial charge in [0.05, 0.1) is 96.9 Å². The molecule has 41 nitrogen and oxygen atoms in total. The number of carbonyl (C=O) groups excluding carboxylic acids is 6. The predicted octanol–water partition coefficient (Wildman–Crippen LogP) is 10.1. The van der Waals surface area contributed by atoms with Gasteiger partial charge in [-0.3, -0.25) is 29.8 Å². The molecule has 8 aromatic heterocycles. The Morgan fingerprint density at radius 2 is 0.699 bits per heavy atom. The Balaban J connectivity index is 0.000000145. The molecule has 8 saturated heterocycles. The van der Waals surface area contributed by atoms with Crippen molar-refractivity contribution in [1.82, 2.24) is 59.8 Å². The lowest BCUT2D eigenvalue weighted by atomic mass is 10.1. The zero-order valence-electron chi connectivity index (χ0n) is 78.8. The van der Waals surface area contributed by atoms with E-state index < -0.39 is 43.2 Å². The lowest BCUT2D eigenvalue weighted by molar-refractivity contribution is -0.168. The molecule has 0 radical (unpaired) electrons. The van der Waals surface area contributed by atoms with E-state index in [9.17, 15) is 28.8 Å². The molecule has 0 spiro atoms. The third-order valence-electron chi connectivity index (χ3n) is 23.5. The van der Waals surface area contributed by atoms with Crippen LogP contribution >= 0.6 is 0 Å². The molecule has 8 fully saturated rings. The van der Waals surface area contributed by atoms with Crippen molar-refractivity contribution in [3.63, 3.8) is 0 Å². The Morgan fingerprint density at radius 1 is 0.368 bits per heavy atom. The van der Waals surface area contributed by atoms with Crippen LogP contribution < -0.4 is 66.2 Å². The number of amides is 4. The lowest BCUT2D eigenvalue weighted by Gasteiger charge is -2.31. The summed E-state index contributed by atoms with van der Waals surface area (Å²) in [5.41, 5.74) is 14.0. The van der Waals surface area contributed by atoms with E-state index in [0.29, 0.717) is 126 Å². The fourth-order valence-electron chi connectivity index (χ4n) is 15.8. The van der Waals surface area contributed by atoms with Gasteiger partial charge < -0.3 is 103 Å². The highest BCUT2D eigenvalue weighted by atomic mass is 16.7. The maximum atomic E-state index is 12.5. The van der Waals surface area contributed by atoms with Crippen molar-refractivity contribution in [1.29, 1.82) is 0 Å². The van der Waals surface area contributed by atoms with Gasteiger partial charge >= 0.3 is 24.1 Å². The van der Waals surface area contributed by atoms with Gasteiger partial charge in [0.1, 0.15) is 64.0 Å². The first-order valence-electron chi connectivity index (χ1n) is 46.6. The molecule has 41 heteroatoms. The van der Waals surface area contributed by atoms with Crippen molar-refractivity contribution in [2.75, 3.05) is 251 Å². The van der Waals surface area contributed by atoms with Crippen molar-refractivity contribution < 1.29 is 76.1 Å². The van der Waals surface area contributed by atoms with Crippen LogP contribution in [0.1, 0.15) is 106 Å². The Bertz CT molecular complexity index is 5380. The quantitative estimate of drug-likeness (QED) is 0.0293. The Morgan fingerprint density at radius 3 is 1.05 bits per heavy atom. The summed E-state index contributed by atoms with van der Waals surface area (Å²) in [5.74, 6) is 8.54. The molecular weight excluding hydrogens is 1750 g/mol. The van der Waals surface area contributed by atoms with Crippen LogP contribution in [0.2, 0.25) is 0 Å². The first kappa shape index (κ1) is 98.7. The number of anilines is 12. The van der Waals surface area contributed by atoms with Gasteiger partial charge in [0.2, 0.25) is 24.9 Å². The number of hydrogen-bond acceptors (Lipinski definition) is 37. The molecule has 17 rings (SSSR count). The summed E-state index contributed by atoms with van der Waals surface area (Å²) in [6, 6.07) is 23.9. The number of nitrogens with zero attached hydrogens (tertiary/aromatic N) is 20. The number of hydrogen-bond donors (Lipinski definition) is 5. The minimum atomic E-state index is -1.02. The molecule has 9 aromatic rings. The van der Waals surface area contributed by atoms with Gasteiger partial charge in [0.15, 0.2) is 17.5 Å². The average Bonchev–Trinajstić information content (AvgIpc) is 0.802. The fourth-order valence-corrected chi connectivity index (χ4v) is 15.8. The Labute approximate surface area is 791 Å². The van der Waals surface area contributed by atoms with E-state index >= 15 is 0 Å². The van der Waals surface area contributed by atoms with Crippen LogP contribution in [-0.4, -0.2) is 299 Å². The smallest absolute Gasteiger partial charge is 0.415 e. The number of rotatable bonds is 23. The average molecular weight is 1870 g/mol. The van der Waals surface area contributed by atoms with E-state index in [1.807, 2.05) is 76.2 Å². The summed E-state index contributed by atoms with van der Waals surface area (Å²) < 4.78 is 52.6. The molecule has 4 amide bonds. The van der Waals surface area contributed by atoms with Crippen LogP contribution in [0.5, 0.6) is 0 Å². The largest absolute Gasteiger partial charge is 0.428 e. The van der Waals surface area contributed by atoms with E-state index in [0.717, 1.165) is 214 Å². The fraction of sp³-hybridized carbons (Fsp3) is 0.495. The topological polar surface area (TPSA) is 449 Å². The zero-order valence-corrected chi connectivity index (χ0v) is 78.8. The molecular formula is C95H123N25O16. The molecule has 0 saturated carbocycles. The van der Waals surface area contributed by atoms with Gasteiger partial charge in [0, 0.05) is 195 Å². The van der Waals surface area contributed by atoms with Crippen molar-refractivity contribution in [3.8, 4) is 45.4 Å². The van der Waals surface area contributed by atoms with Gasteiger partial charge in [-0.2, -0.15) is 4.98 Å². The van der Waals surface area contributed by atoms with Crippen LogP contribution in [0.15, 0.2) is 104 Å². The highest BCUT2D eigenvalue weighted by molar-refractivity contribution is 6.04. The Kier molecular flexibility index (Phi) is 35.4. The third kappa shape index (κ3) is 28.0. The number of nitrogens with one attached hydrogen (secondary N) is 4. The van der Waals surface area contributed by atoms with Gasteiger partial charge in [0.25, 0.3) is 5.91 Å². The van der Waals surface area contributed by atoms with Crippen molar-refractivity contribution in [2.24, 2.45) is 11.7 Å². The SMILES string of the molecule is CC(=O)OCOC(=O)Nc1cc(C)c(-c2nc(N3CCOCC3)cc(N3CCOCC3)n2)cn1.Cc1cc(NC(=O)OC(C)OC(=O)C(C)C)ncc1-c1nc(N2CCOCC2)cc(N2CCOCC2)n1.Cc1cc(NC(=O)[C@H](C)N)ncc1-c1nc(N2CCCCC2)cc(N2CCOCC2)n1.Cc1cc(NC(=O)c2ccccc2)ncc1-c1cc(N2CCOCC2)nc(N2CCCCC2)n1. The van der Waals surface area contributed by atoms with Crippen LogP contribution in [0, 0.1) is 33.6 Å². The first-order valence-corrected chi connectivity index (χ1v) is 46.6. The van der Waals surface area contributed by atoms with E-state index in [-0.39, 0.29) is 17.7 Å². The number of aromatic nitrogens is 12. The van der Waals surface area contributed by atoms with Crippen molar-refractivity contribution >= 4 is 106 Å². The molecule has 6 N–H and O–H groups in total. The Hall–Kier alpha value is -13.3. The number of morpholine rings is 6. The number of aryl methyl sites for hydroxylation is 4. The van der Waals surface area contributed by atoms with Crippen LogP contribution in [0.4, 0.5) is 79.5 Å². The van der Waals surface area contributed by atoms with Gasteiger partial charge in [-0.15, -0.1) is 0 Å². The molecule has 2 atom stereocenters. The minimum Gasteiger partial charge on any atom is -0.428 e. The van der Waals surface area contributed by atoms with E-state index in [1.54, 1.807) is 69.8 Å². The van der Waals surface area contributed by atoms with Gasteiger partial charge in [-0.1, -0.05) is 32.0 Å². The number of pyridine rings is 4. The van der Waals surface area contributed by atoms with Crippen LogP contribution in [-0.2, 0) is 61.8 Å². The highest BCUT2D eigenvalue weighted by Gasteiger charge is 2.29. The molecule has 8 aliphatic rings. The zero-order chi connectivity index (χ0) is 95.4. The van der Waals surface area contributed by atoms with Crippen LogP contribution in [0.3, 0.4) is 0 Å². The van der Waals surface area contributed by atoms with Gasteiger partial charge in [-0.05, 0) is 132 Å². The monoisotopic (exact) mass is 1870 g/mol. The third-order valence-corrected chi connectivity index (χ3v) is 23.5. The normalized spacial score (nSPS) is 16.8. The van der Waals surface area contributed by atoms with E-state index in [2.05, 4.69) is 91.2 Å². The number of esters is 2. The van der Waals surface area contributed by atoms with Crippen molar-refractivity contribution in [3.05, 3.63) is 131 Å². The highest BCUT2D eigenvalue weighted by Crippen LogP contribution is 2.36. The number of carbonyl (C=O) groups is 6. The summed E-state index contributed by atoms with van der Waals surface area (Å²) >= 11 is 0. The molecule has 1 aromatic carbocycles. The summed E-state index contributed by atoms with van der Waals surface area (Å²) in [6.07, 6.45) is 11.4. The summed E-state index contributed by atoms with van der Waals surface area (Å²) in [6.45, 7) is 36.4. The first-order chi connectivity index (χ1) is 66.0. The molecule has 1 unspecified atom stereocenters.